The Kier molecular flexibility index (Phi) is 5.42. The molecule has 1 fully saturated rings. The summed E-state index contributed by atoms with van der Waals surface area (Å²) < 4.78 is 1.13. The van der Waals surface area contributed by atoms with Crippen LogP contribution in [-0.4, -0.2) is 16.9 Å². The molecule has 1 saturated carbocycles. The molecule has 4 nitrogen and oxygen atoms in total. The minimum Gasteiger partial charge on any atom is -0.325 e. The second-order valence-electron chi connectivity index (χ2n) is 5.91. The van der Waals surface area contributed by atoms with Crippen LogP contribution in [0.15, 0.2) is 18.2 Å². The summed E-state index contributed by atoms with van der Waals surface area (Å²) in [7, 11) is 0. The van der Waals surface area contributed by atoms with Gasteiger partial charge in [0.25, 0.3) is 0 Å². The van der Waals surface area contributed by atoms with E-state index >= 15 is 0 Å². The second kappa shape index (κ2) is 6.94. The second-order valence-corrected chi connectivity index (χ2v) is 6.97. The van der Waals surface area contributed by atoms with Gasteiger partial charge in [-0.15, -0.1) is 23.7 Å². The van der Waals surface area contributed by atoms with Crippen molar-refractivity contribution >= 4 is 45.6 Å². The van der Waals surface area contributed by atoms with Gasteiger partial charge in [-0.25, -0.2) is 4.98 Å². The average molecular weight is 340 g/mol. The van der Waals surface area contributed by atoms with Crippen molar-refractivity contribution in [2.75, 3.05) is 5.32 Å². The lowest BCUT2D eigenvalue weighted by atomic mass is 9.99. The molecule has 1 amide bonds. The summed E-state index contributed by atoms with van der Waals surface area (Å²) in [6.07, 6.45) is 3.41. The van der Waals surface area contributed by atoms with E-state index in [-0.39, 0.29) is 24.2 Å². The van der Waals surface area contributed by atoms with Crippen LogP contribution in [0.25, 0.3) is 10.2 Å². The number of amides is 1. The number of carbonyl (C=O) groups excluding carboxylic acids is 1. The minimum atomic E-state index is -0.464. The third kappa shape index (κ3) is 3.59. The number of nitrogens with two attached hydrogens (primary N) is 1. The topological polar surface area (TPSA) is 68.0 Å². The molecule has 1 aliphatic rings. The number of nitrogens with one attached hydrogen (secondary N) is 1. The molecule has 1 aliphatic carbocycles. The summed E-state index contributed by atoms with van der Waals surface area (Å²) in [5.74, 6) is 0.730. The zero-order valence-corrected chi connectivity index (χ0v) is 14.5. The summed E-state index contributed by atoms with van der Waals surface area (Å²) in [6, 6.07) is 5.41. The molecule has 3 rings (SSSR count). The molecule has 3 N–H and O–H groups in total. The molecule has 0 bridgehead atoms. The van der Waals surface area contributed by atoms with Gasteiger partial charge < -0.3 is 11.1 Å². The van der Waals surface area contributed by atoms with Gasteiger partial charge in [-0.2, -0.15) is 0 Å². The Balaban J connectivity index is 0.00000176. The molecule has 2 atom stereocenters. The molecular weight excluding hydrogens is 318 g/mol. The summed E-state index contributed by atoms with van der Waals surface area (Å²) in [5, 5.41) is 4.14. The van der Waals surface area contributed by atoms with Gasteiger partial charge in [0.2, 0.25) is 5.91 Å². The molecule has 1 heterocycles. The van der Waals surface area contributed by atoms with E-state index in [4.69, 9.17) is 5.73 Å². The van der Waals surface area contributed by atoms with Gasteiger partial charge >= 0.3 is 0 Å². The van der Waals surface area contributed by atoms with Crippen molar-refractivity contribution < 1.29 is 4.79 Å². The average Bonchev–Trinajstić information content (AvgIpc) is 3.25. The number of halogens is 1. The van der Waals surface area contributed by atoms with Crippen molar-refractivity contribution in [1.29, 1.82) is 0 Å². The number of hydrogen-bond donors (Lipinski definition) is 2. The predicted molar refractivity (Wildman–Crippen MR) is 94.9 cm³/mol. The van der Waals surface area contributed by atoms with E-state index < -0.39 is 6.04 Å². The van der Waals surface area contributed by atoms with Gasteiger partial charge in [-0.05, 0) is 37.0 Å². The number of anilines is 1. The van der Waals surface area contributed by atoms with Crippen molar-refractivity contribution in [2.45, 2.75) is 45.1 Å². The largest absolute Gasteiger partial charge is 0.325 e. The van der Waals surface area contributed by atoms with Crippen LogP contribution in [0, 0.1) is 5.92 Å². The van der Waals surface area contributed by atoms with Crippen LogP contribution in [0.2, 0.25) is 0 Å². The number of thiazole rings is 1. The van der Waals surface area contributed by atoms with Gasteiger partial charge in [0.05, 0.1) is 21.3 Å². The van der Waals surface area contributed by atoms with Gasteiger partial charge in [0.15, 0.2) is 0 Å². The monoisotopic (exact) mass is 339 g/mol. The van der Waals surface area contributed by atoms with Crippen LogP contribution in [-0.2, 0) is 4.79 Å². The Morgan fingerprint density at radius 1 is 1.50 bits per heavy atom. The van der Waals surface area contributed by atoms with Gasteiger partial charge in [-0.3, -0.25) is 4.79 Å². The fourth-order valence-electron chi connectivity index (χ4n) is 2.26. The van der Waals surface area contributed by atoms with E-state index in [9.17, 15) is 4.79 Å². The molecule has 22 heavy (non-hydrogen) atoms. The Labute approximate surface area is 140 Å². The fraction of sp³-hybridized carbons (Fsp3) is 0.500. The lowest BCUT2D eigenvalue weighted by Gasteiger charge is -2.17. The first-order valence-electron chi connectivity index (χ1n) is 7.55. The number of rotatable bonds is 5. The maximum atomic E-state index is 12.1. The molecule has 1 aromatic carbocycles. The van der Waals surface area contributed by atoms with E-state index in [0.717, 1.165) is 22.3 Å². The highest BCUT2D eigenvalue weighted by Crippen LogP contribution is 2.43. The van der Waals surface area contributed by atoms with E-state index in [1.807, 2.05) is 32.0 Å². The summed E-state index contributed by atoms with van der Waals surface area (Å²) >= 11 is 1.73. The number of nitrogens with zero attached hydrogens (tertiary/aromatic N) is 1. The van der Waals surface area contributed by atoms with Crippen LogP contribution < -0.4 is 11.1 Å². The SMILES string of the molecule is CCC(C)C(N)C(=O)Nc1ccc2nc(C3CC3)sc2c1.Cl. The normalized spacial score (nSPS) is 16.9. The number of carbonyl (C=O) groups is 1. The smallest absolute Gasteiger partial charge is 0.241 e. The van der Waals surface area contributed by atoms with Crippen molar-refractivity contribution in [1.82, 2.24) is 4.98 Å². The third-order valence-corrected chi connectivity index (χ3v) is 5.34. The molecule has 0 spiro atoms. The summed E-state index contributed by atoms with van der Waals surface area (Å²) in [5.41, 5.74) is 7.78. The standard InChI is InChI=1S/C16H21N3OS.ClH/c1-3-9(2)14(17)15(20)18-11-6-7-12-13(8-11)21-16(19-12)10-4-5-10;/h6-10,14H,3-5,17H2,1-2H3,(H,18,20);1H. The maximum Gasteiger partial charge on any atom is 0.241 e. The fourth-order valence-corrected chi connectivity index (χ4v) is 3.44. The summed E-state index contributed by atoms with van der Waals surface area (Å²) in [4.78, 5) is 16.8. The number of benzene rings is 1. The maximum absolute atomic E-state index is 12.1. The highest BCUT2D eigenvalue weighted by atomic mass is 35.5. The highest BCUT2D eigenvalue weighted by Gasteiger charge is 2.27. The molecule has 1 aromatic heterocycles. The first-order valence-corrected chi connectivity index (χ1v) is 8.37. The van der Waals surface area contributed by atoms with Crippen molar-refractivity contribution in [3.8, 4) is 0 Å². The van der Waals surface area contributed by atoms with Crippen LogP contribution in [0.3, 0.4) is 0 Å². The molecule has 0 radical (unpaired) electrons. The first-order chi connectivity index (χ1) is 10.1. The summed E-state index contributed by atoms with van der Waals surface area (Å²) in [6.45, 7) is 4.04. The quantitative estimate of drug-likeness (QED) is 0.867. The van der Waals surface area contributed by atoms with Crippen LogP contribution in [0.5, 0.6) is 0 Å². The van der Waals surface area contributed by atoms with E-state index in [1.165, 1.54) is 17.8 Å². The van der Waals surface area contributed by atoms with Crippen molar-refractivity contribution in [3.05, 3.63) is 23.2 Å². The van der Waals surface area contributed by atoms with E-state index in [2.05, 4.69) is 10.3 Å². The number of hydrogen-bond acceptors (Lipinski definition) is 4. The minimum absolute atomic E-state index is 0. The molecule has 2 aromatic rings. The lowest BCUT2D eigenvalue weighted by Crippen LogP contribution is -2.40. The molecule has 120 valence electrons. The Hall–Kier alpha value is -1.17. The first kappa shape index (κ1) is 17.2. The number of fused-ring (bicyclic) bond motifs is 1. The predicted octanol–water partition coefficient (Wildman–Crippen LogP) is 3.91. The zero-order chi connectivity index (χ0) is 15.0. The lowest BCUT2D eigenvalue weighted by molar-refractivity contribution is -0.118. The molecule has 6 heteroatoms. The zero-order valence-electron chi connectivity index (χ0n) is 12.8. The van der Waals surface area contributed by atoms with Gasteiger partial charge in [0, 0.05) is 11.6 Å². The highest BCUT2D eigenvalue weighted by molar-refractivity contribution is 7.18. The van der Waals surface area contributed by atoms with Gasteiger partial charge in [-0.1, -0.05) is 20.3 Å². The number of aromatic nitrogens is 1. The third-order valence-electron chi connectivity index (χ3n) is 4.16. The molecule has 2 unspecified atom stereocenters. The molecule has 0 saturated heterocycles. The molecule has 0 aliphatic heterocycles. The Morgan fingerprint density at radius 3 is 2.86 bits per heavy atom. The van der Waals surface area contributed by atoms with Crippen LogP contribution >= 0.6 is 23.7 Å². The van der Waals surface area contributed by atoms with Crippen LogP contribution in [0.1, 0.15) is 44.0 Å². The van der Waals surface area contributed by atoms with E-state index in [1.54, 1.807) is 11.3 Å². The Bertz CT molecular complexity index is 668. The van der Waals surface area contributed by atoms with Crippen LogP contribution in [0.4, 0.5) is 5.69 Å². The Morgan fingerprint density at radius 2 is 2.23 bits per heavy atom. The molecular formula is C16H22ClN3OS. The van der Waals surface area contributed by atoms with Crippen molar-refractivity contribution in [3.63, 3.8) is 0 Å². The van der Waals surface area contributed by atoms with Crippen molar-refractivity contribution in [2.24, 2.45) is 11.7 Å². The van der Waals surface area contributed by atoms with E-state index in [0.29, 0.717) is 5.92 Å². The van der Waals surface area contributed by atoms with Gasteiger partial charge in [0.1, 0.15) is 0 Å².